The van der Waals surface area contributed by atoms with Gasteiger partial charge in [0.25, 0.3) is 5.91 Å². The molecule has 7 aromatic rings. The summed E-state index contributed by atoms with van der Waals surface area (Å²) in [6.45, 7) is 11.2. The summed E-state index contributed by atoms with van der Waals surface area (Å²) in [7, 11) is 0. The minimum atomic E-state index is -1.23. The molecule has 0 radical (unpaired) electrons. The highest BCUT2D eigenvalue weighted by Gasteiger charge is 2.38. The minimum absolute atomic E-state index is 0.0158. The Labute approximate surface area is 397 Å². The average Bonchev–Trinajstić information content (AvgIpc) is 3.91. The molecule has 0 fully saturated rings. The number of para-hydroxylation sites is 1. The molecule has 8 nitrogen and oxygen atoms in total. The molecule has 3 aliphatic heterocycles. The van der Waals surface area contributed by atoms with Crippen molar-refractivity contribution < 1.29 is 19.5 Å². The number of aldehydes is 1. The lowest BCUT2D eigenvalue weighted by Crippen LogP contribution is -2.25. The average molecular weight is 893 g/mol. The summed E-state index contributed by atoms with van der Waals surface area (Å²) in [5, 5.41) is 15.1. The van der Waals surface area contributed by atoms with Crippen LogP contribution in [0.4, 0.5) is 28.4 Å². The van der Waals surface area contributed by atoms with Gasteiger partial charge in [-0.3, -0.25) is 9.59 Å². The molecule has 68 heavy (non-hydrogen) atoms. The third-order valence-electron chi connectivity index (χ3n) is 14.7. The van der Waals surface area contributed by atoms with Crippen molar-refractivity contribution in [2.24, 2.45) is 5.10 Å². The van der Waals surface area contributed by atoms with E-state index in [0.717, 1.165) is 66.9 Å². The Morgan fingerprint density at radius 3 is 1.57 bits per heavy atom. The van der Waals surface area contributed by atoms with Crippen LogP contribution in [0, 0.1) is 0 Å². The van der Waals surface area contributed by atoms with Gasteiger partial charge in [0.15, 0.2) is 5.71 Å². The van der Waals surface area contributed by atoms with E-state index in [1.165, 1.54) is 72.7 Å². The van der Waals surface area contributed by atoms with Gasteiger partial charge in [0, 0.05) is 52.2 Å². The zero-order valence-corrected chi connectivity index (χ0v) is 38.8. The number of hydrogen-bond donors (Lipinski definition) is 1. The highest BCUT2D eigenvalue weighted by Crippen LogP contribution is 2.52. The van der Waals surface area contributed by atoms with Crippen molar-refractivity contribution in [3.8, 4) is 22.3 Å². The Balaban J connectivity index is 0.000000162. The normalized spacial score (nSPS) is 17.2. The molecule has 0 saturated carbocycles. The molecule has 0 unspecified atom stereocenters. The maximum atomic E-state index is 13.2. The number of anilines is 5. The zero-order chi connectivity index (χ0) is 46.9. The molecule has 5 aliphatic rings. The number of carbonyl (C=O) groups is 3. The van der Waals surface area contributed by atoms with Gasteiger partial charge in [0.2, 0.25) is 0 Å². The first-order valence-corrected chi connectivity index (χ1v) is 23.6. The molecule has 1 amide bonds. The lowest BCUT2D eigenvalue weighted by molar-refractivity contribution is -0.129. The number of carboxylic acid groups (broad SMARTS) is 1. The SMILES string of the molecule is CC1(C)c2ccccc2-c2ccc(N3CCCc4cc(/C=C5\C(=O)N(c6ccccc6)N=C5C(=O)O)ccc43)cc21.CC1(C)c2ccccc2-c2ccc(N3CCCc4cc(C=O)ccc43)cc21. The Bertz CT molecular complexity index is 3290. The highest BCUT2D eigenvalue weighted by molar-refractivity contribution is 6.53. The maximum absolute atomic E-state index is 13.2. The van der Waals surface area contributed by atoms with Crippen LogP contribution in [0.3, 0.4) is 0 Å². The first-order chi connectivity index (χ1) is 32.9. The van der Waals surface area contributed by atoms with Crippen LogP contribution in [0.2, 0.25) is 0 Å². The maximum Gasteiger partial charge on any atom is 0.357 e. The number of benzene rings is 7. The molecule has 3 heterocycles. The van der Waals surface area contributed by atoms with Crippen LogP contribution in [0.15, 0.2) is 162 Å². The number of carboxylic acids is 1. The predicted octanol–water partition coefficient (Wildman–Crippen LogP) is 12.8. The second kappa shape index (κ2) is 16.5. The van der Waals surface area contributed by atoms with Crippen LogP contribution in [0.25, 0.3) is 28.3 Å². The van der Waals surface area contributed by atoms with Crippen molar-refractivity contribution in [1.29, 1.82) is 0 Å². The quantitative estimate of drug-likeness (QED) is 0.132. The minimum Gasteiger partial charge on any atom is -0.476 e. The second-order valence-corrected chi connectivity index (χ2v) is 19.5. The van der Waals surface area contributed by atoms with E-state index in [2.05, 4.69) is 146 Å². The van der Waals surface area contributed by atoms with Crippen LogP contribution in [0.5, 0.6) is 0 Å². The first kappa shape index (κ1) is 42.8. The molecule has 2 aliphatic carbocycles. The van der Waals surface area contributed by atoms with E-state index in [9.17, 15) is 19.5 Å². The van der Waals surface area contributed by atoms with E-state index in [0.29, 0.717) is 5.69 Å². The Kier molecular flexibility index (Phi) is 10.4. The molecule has 0 atom stereocenters. The summed E-state index contributed by atoms with van der Waals surface area (Å²) >= 11 is 0. The van der Waals surface area contributed by atoms with Gasteiger partial charge in [-0.05, 0) is 160 Å². The number of hydrazone groups is 1. The molecule has 0 bridgehead atoms. The van der Waals surface area contributed by atoms with Crippen molar-refractivity contribution in [3.05, 3.63) is 202 Å². The Hall–Kier alpha value is -7.84. The number of nitrogens with zero attached hydrogens (tertiary/aromatic N) is 4. The number of rotatable bonds is 6. The zero-order valence-electron chi connectivity index (χ0n) is 38.8. The van der Waals surface area contributed by atoms with Gasteiger partial charge in [-0.2, -0.15) is 10.1 Å². The molecule has 1 N–H and O–H groups in total. The standard InChI is InChI=1S/C35H29N3O3.C25H23NO/c1-35(2)29-13-7-6-12-26(29)27-16-15-25(21-30(27)35)37-18-8-9-23-19-22(14-17-31(23)37)20-28-32(34(40)41)36-38(33(28)39)24-10-4-3-5-11-24;1-25(2)22-8-4-3-7-20(22)21-11-10-19(15-23(21)25)26-13-5-6-18-14-17(16-27)9-12-24(18)26/h3-7,10-17,19-21H,8-9,18H2,1-2H3,(H,40,41);3-4,7-12,14-16H,5-6,13H2,1-2H3/b28-20-;. The van der Waals surface area contributed by atoms with Gasteiger partial charge >= 0.3 is 5.97 Å². The summed E-state index contributed by atoms with van der Waals surface area (Å²) in [6, 6.07) is 52.2. The molecule has 8 heteroatoms. The molecular formula is C60H52N4O4. The van der Waals surface area contributed by atoms with E-state index in [-0.39, 0.29) is 22.1 Å². The highest BCUT2D eigenvalue weighted by atomic mass is 16.4. The number of aliphatic carboxylic acids is 1. The number of amides is 1. The summed E-state index contributed by atoms with van der Waals surface area (Å²) < 4.78 is 0. The number of carbonyl (C=O) groups excluding carboxylic acids is 2. The van der Waals surface area contributed by atoms with E-state index in [1.54, 1.807) is 30.3 Å². The second-order valence-electron chi connectivity index (χ2n) is 19.5. The third kappa shape index (κ3) is 7.05. The van der Waals surface area contributed by atoms with Crippen molar-refractivity contribution in [3.63, 3.8) is 0 Å². The van der Waals surface area contributed by atoms with E-state index < -0.39 is 11.9 Å². The lowest BCUT2D eigenvalue weighted by Gasteiger charge is -2.33. The molecule has 0 spiro atoms. The van der Waals surface area contributed by atoms with E-state index >= 15 is 0 Å². The van der Waals surface area contributed by atoms with Crippen LogP contribution in [-0.2, 0) is 33.3 Å². The van der Waals surface area contributed by atoms with Crippen LogP contribution in [0.1, 0.15) is 89.8 Å². The Morgan fingerprint density at radius 1 is 0.559 bits per heavy atom. The summed E-state index contributed by atoms with van der Waals surface area (Å²) in [5.41, 5.74) is 19.9. The van der Waals surface area contributed by atoms with Gasteiger partial charge in [-0.15, -0.1) is 0 Å². The van der Waals surface area contributed by atoms with Gasteiger partial charge in [-0.1, -0.05) is 113 Å². The summed E-state index contributed by atoms with van der Waals surface area (Å²) in [6.07, 6.45) is 6.64. The fourth-order valence-electron chi connectivity index (χ4n) is 11.3. The third-order valence-corrected chi connectivity index (χ3v) is 14.7. The predicted molar refractivity (Wildman–Crippen MR) is 274 cm³/mol. The Morgan fingerprint density at radius 2 is 1.04 bits per heavy atom. The molecule has 336 valence electrons. The fraction of sp³-hybridized carbons (Fsp3) is 0.200. The fourth-order valence-corrected chi connectivity index (χ4v) is 11.3. The lowest BCUT2D eigenvalue weighted by atomic mass is 9.82. The van der Waals surface area contributed by atoms with Gasteiger partial charge in [-0.25, -0.2) is 4.79 Å². The summed E-state index contributed by atoms with van der Waals surface area (Å²) in [4.78, 5) is 41.2. The van der Waals surface area contributed by atoms with Crippen LogP contribution < -0.4 is 14.8 Å². The van der Waals surface area contributed by atoms with E-state index in [4.69, 9.17) is 0 Å². The molecule has 0 saturated heterocycles. The first-order valence-electron chi connectivity index (χ1n) is 23.6. The molecule has 0 aromatic heterocycles. The summed E-state index contributed by atoms with van der Waals surface area (Å²) in [5.74, 6) is -1.68. The smallest absolute Gasteiger partial charge is 0.357 e. The number of hydrogen-bond acceptors (Lipinski definition) is 6. The molecule has 12 rings (SSSR count). The van der Waals surface area contributed by atoms with Gasteiger partial charge in [0.05, 0.1) is 11.3 Å². The van der Waals surface area contributed by atoms with Crippen molar-refractivity contribution in [1.82, 2.24) is 0 Å². The van der Waals surface area contributed by atoms with Gasteiger partial charge < -0.3 is 14.9 Å². The monoisotopic (exact) mass is 892 g/mol. The van der Waals surface area contributed by atoms with E-state index in [1.807, 2.05) is 24.3 Å². The number of aryl methyl sites for hydroxylation is 2. The van der Waals surface area contributed by atoms with Crippen molar-refractivity contribution >= 4 is 58.4 Å². The number of fused-ring (bicyclic) bond motifs is 8. The van der Waals surface area contributed by atoms with Crippen molar-refractivity contribution in [2.75, 3.05) is 27.9 Å². The molecular weight excluding hydrogens is 841 g/mol. The topological polar surface area (TPSA) is 93.5 Å². The van der Waals surface area contributed by atoms with Crippen molar-refractivity contribution in [2.45, 2.75) is 64.2 Å². The largest absolute Gasteiger partial charge is 0.476 e. The molecule has 7 aromatic carbocycles. The van der Waals surface area contributed by atoms with Gasteiger partial charge in [0.1, 0.15) is 6.29 Å². The van der Waals surface area contributed by atoms with Crippen LogP contribution in [-0.4, -0.2) is 42.1 Å². The van der Waals surface area contributed by atoms with Crippen LogP contribution >= 0.6 is 0 Å².